The summed E-state index contributed by atoms with van der Waals surface area (Å²) in [4.78, 5) is 2.42. The molecule has 1 aromatic carbocycles. The van der Waals surface area contributed by atoms with Crippen LogP contribution in [-0.2, 0) is 11.3 Å². The van der Waals surface area contributed by atoms with Gasteiger partial charge in [-0.25, -0.2) is 0 Å². The van der Waals surface area contributed by atoms with Gasteiger partial charge in [0.05, 0.1) is 12.2 Å². The Labute approximate surface area is 122 Å². The fourth-order valence-electron chi connectivity index (χ4n) is 2.81. The lowest BCUT2D eigenvalue weighted by atomic mass is 10.0. The zero-order chi connectivity index (χ0) is 13.3. The summed E-state index contributed by atoms with van der Waals surface area (Å²) in [6, 6.07) is 4.15. The molecule has 0 radical (unpaired) electrons. The lowest BCUT2D eigenvalue weighted by Gasteiger charge is -2.35. The fraction of sp³-hybridized carbons (Fsp3) is 0.600. The Morgan fingerprint density at radius 1 is 1.16 bits per heavy atom. The first kappa shape index (κ1) is 16.3. The number of phenolic OH excluding ortho intramolecular Hbond substituents is 1. The number of ether oxygens (including phenoxy) is 1. The van der Waals surface area contributed by atoms with Gasteiger partial charge in [-0.15, -0.1) is 0 Å². The molecule has 0 aliphatic carbocycles. The highest BCUT2D eigenvalue weighted by Crippen LogP contribution is 2.24. The minimum absolute atomic E-state index is 0. The van der Waals surface area contributed by atoms with Crippen LogP contribution in [0.4, 0.5) is 0 Å². The molecule has 4 heteroatoms. The van der Waals surface area contributed by atoms with E-state index in [-0.39, 0.29) is 12.4 Å². The Morgan fingerprint density at radius 3 is 2.11 bits per heavy atom. The zero-order valence-electron chi connectivity index (χ0n) is 12.1. The van der Waals surface area contributed by atoms with Crippen molar-refractivity contribution in [2.45, 2.75) is 46.4 Å². The molecule has 108 valence electrons. The normalized spacial score (nSPS) is 24.0. The second kappa shape index (κ2) is 6.60. The maximum Gasteiger partial charge on any atom is 0.121 e. The summed E-state index contributed by atoms with van der Waals surface area (Å²) in [6.07, 6.45) is 0.598. The van der Waals surface area contributed by atoms with E-state index in [0.29, 0.717) is 18.0 Å². The molecule has 1 aliphatic rings. The van der Waals surface area contributed by atoms with E-state index in [2.05, 4.69) is 30.9 Å². The smallest absolute Gasteiger partial charge is 0.121 e. The predicted octanol–water partition coefficient (Wildman–Crippen LogP) is -0.378. The average molecular weight is 285 g/mol. The Morgan fingerprint density at radius 2 is 1.63 bits per heavy atom. The standard InChI is InChI=1S/C15H23NO2.ClH/c1-10-5-14(6-11(2)15(10)17)9-16-7-12(3)18-13(4)8-16;/h5-6,12-13,17H,7-9H2,1-4H3;1H/p-1. The SMILES string of the molecule is Cc1cc(CN2CC(C)OC(C)C2)cc(C)c1O.[Cl-]. The summed E-state index contributed by atoms with van der Waals surface area (Å²) in [5, 5.41) is 9.79. The molecule has 0 bridgehead atoms. The molecule has 1 saturated heterocycles. The quantitative estimate of drug-likeness (QED) is 0.804. The van der Waals surface area contributed by atoms with Crippen LogP contribution in [0.3, 0.4) is 0 Å². The van der Waals surface area contributed by atoms with Crippen molar-refractivity contribution in [3.05, 3.63) is 28.8 Å². The molecular weight excluding hydrogens is 262 g/mol. The van der Waals surface area contributed by atoms with Crippen LogP contribution in [0.2, 0.25) is 0 Å². The zero-order valence-corrected chi connectivity index (χ0v) is 12.9. The number of rotatable bonds is 2. The molecule has 0 saturated carbocycles. The number of phenols is 1. The summed E-state index contributed by atoms with van der Waals surface area (Å²) in [7, 11) is 0. The molecule has 0 aromatic heterocycles. The highest BCUT2D eigenvalue weighted by molar-refractivity contribution is 5.42. The molecule has 2 atom stereocenters. The molecule has 2 unspecified atom stereocenters. The maximum atomic E-state index is 9.79. The van der Waals surface area contributed by atoms with Gasteiger partial charge in [-0.2, -0.15) is 0 Å². The summed E-state index contributed by atoms with van der Waals surface area (Å²) in [5.74, 6) is 0.419. The number of morpholine rings is 1. The highest BCUT2D eigenvalue weighted by Gasteiger charge is 2.22. The van der Waals surface area contributed by atoms with Gasteiger partial charge in [0.15, 0.2) is 0 Å². The van der Waals surface area contributed by atoms with Gasteiger partial charge in [-0.1, -0.05) is 12.1 Å². The van der Waals surface area contributed by atoms with Crippen molar-refractivity contribution in [2.75, 3.05) is 13.1 Å². The highest BCUT2D eigenvalue weighted by atomic mass is 35.5. The van der Waals surface area contributed by atoms with Gasteiger partial charge in [-0.3, -0.25) is 4.90 Å². The molecular formula is C15H23ClNO2-. The van der Waals surface area contributed by atoms with Crippen molar-refractivity contribution >= 4 is 0 Å². The lowest BCUT2D eigenvalue weighted by molar-refractivity contribution is -0.0705. The third-order valence-electron chi connectivity index (χ3n) is 3.45. The molecule has 1 N–H and O–H groups in total. The van der Waals surface area contributed by atoms with E-state index in [1.54, 1.807) is 0 Å². The first-order chi connectivity index (χ1) is 8.45. The maximum absolute atomic E-state index is 9.79. The average Bonchev–Trinajstić information content (AvgIpc) is 2.24. The van der Waals surface area contributed by atoms with E-state index in [1.165, 1.54) is 5.56 Å². The minimum atomic E-state index is 0. The van der Waals surface area contributed by atoms with E-state index in [1.807, 2.05) is 13.8 Å². The van der Waals surface area contributed by atoms with Crippen molar-refractivity contribution < 1.29 is 22.3 Å². The number of aromatic hydroxyl groups is 1. The Balaban J connectivity index is 0.00000180. The minimum Gasteiger partial charge on any atom is -1.00 e. The van der Waals surface area contributed by atoms with E-state index in [4.69, 9.17) is 4.74 Å². The number of hydrogen-bond donors (Lipinski definition) is 1. The van der Waals surface area contributed by atoms with E-state index in [0.717, 1.165) is 30.8 Å². The van der Waals surface area contributed by atoms with Crippen LogP contribution >= 0.6 is 0 Å². The molecule has 1 aliphatic heterocycles. The number of benzene rings is 1. The molecule has 0 amide bonds. The van der Waals surface area contributed by atoms with Crippen molar-refractivity contribution in [1.29, 1.82) is 0 Å². The van der Waals surface area contributed by atoms with E-state index < -0.39 is 0 Å². The molecule has 1 aromatic rings. The van der Waals surface area contributed by atoms with Crippen LogP contribution in [0.5, 0.6) is 5.75 Å². The van der Waals surface area contributed by atoms with Gasteiger partial charge in [0.1, 0.15) is 5.75 Å². The third kappa shape index (κ3) is 4.10. The van der Waals surface area contributed by atoms with Gasteiger partial charge in [-0.05, 0) is 44.4 Å². The van der Waals surface area contributed by atoms with Gasteiger partial charge >= 0.3 is 0 Å². The second-order valence-corrected chi connectivity index (χ2v) is 5.53. The second-order valence-electron chi connectivity index (χ2n) is 5.53. The van der Waals surface area contributed by atoms with Crippen LogP contribution in [0.15, 0.2) is 12.1 Å². The number of nitrogens with zero attached hydrogens (tertiary/aromatic N) is 1. The first-order valence-corrected chi connectivity index (χ1v) is 6.62. The fourth-order valence-corrected chi connectivity index (χ4v) is 2.81. The lowest BCUT2D eigenvalue weighted by Crippen LogP contribution is -3.00. The van der Waals surface area contributed by atoms with E-state index >= 15 is 0 Å². The number of hydrogen-bond acceptors (Lipinski definition) is 3. The van der Waals surface area contributed by atoms with Crippen LogP contribution in [0, 0.1) is 13.8 Å². The van der Waals surface area contributed by atoms with Gasteiger partial charge in [0, 0.05) is 19.6 Å². The van der Waals surface area contributed by atoms with Crippen molar-refractivity contribution in [3.63, 3.8) is 0 Å². The molecule has 3 nitrogen and oxygen atoms in total. The van der Waals surface area contributed by atoms with Crippen LogP contribution in [-0.4, -0.2) is 35.3 Å². The first-order valence-electron chi connectivity index (χ1n) is 6.62. The van der Waals surface area contributed by atoms with Crippen LogP contribution in [0.25, 0.3) is 0 Å². The Kier molecular flexibility index (Phi) is 5.65. The largest absolute Gasteiger partial charge is 1.00 e. The monoisotopic (exact) mass is 284 g/mol. The van der Waals surface area contributed by atoms with Crippen molar-refractivity contribution in [2.24, 2.45) is 0 Å². The van der Waals surface area contributed by atoms with Crippen LogP contribution in [0.1, 0.15) is 30.5 Å². The third-order valence-corrected chi connectivity index (χ3v) is 3.45. The van der Waals surface area contributed by atoms with Crippen molar-refractivity contribution in [1.82, 2.24) is 4.90 Å². The molecule has 19 heavy (non-hydrogen) atoms. The molecule has 2 rings (SSSR count). The predicted molar refractivity (Wildman–Crippen MR) is 72.9 cm³/mol. The molecule has 0 spiro atoms. The summed E-state index contributed by atoms with van der Waals surface area (Å²) < 4.78 is 5.74. The van der Waals surface area contributed by atoms with Crippen LogP contribution < -0.4 is 12.4 Å². The van der Waals surface area contributed by atoms with Gasteiger partial charge in [0.25, 0.3) is 0 Å². The summed E-state index contributed by atoms with van der Waals surface area (Å²) in [6.45, 7) is 11.0. The molecule has 1 fully saturated rings. The van der Waals surface area contributed by atoms with Gasteiger partial charge < -0.3 is 22.3 Å². The van der Waals surface area contributed by atoms with Gasteiger partial charge in [0.2, 0.25) is 0 Å². The Bertz CT molecular complexity index is 403. The number of aryl methyl sites for hydroxylation is 2. The molecule has 1 heterocycles. The van der Waals surface area contributed by atoms with Crippen molar-refractivity contribution in [3.8, 4) is 5.75 Å². The Hall–Kier alpha value is -0.770. The summed E-state index contributed by atoms with van der Waals surface area (Å²) >= 11 is 0. The summed E-state index contributed by atoms with van der Waals surface area (Å²) in [5.41, 5.74) is 3.18. The number of halogens is 1. The van der Waals surface area contributed by atoms with E-state index in [9.17, 15) is 5.11 Å². The topological polar surface area (TPSA) is 32.7 Å².